The first kappa shape index (κ1) is 18.9. The first-order valence-electron chi connectivity index (χ1n) is 7.18. The van der Waals surface area contributed by atoms with Gasteiger partial charge in [0.2, 0.25) is 5.91 Å². The van der Waals surface area contributed by atoms with Crippen LogP contribution in [0.5, 0.6) is 0 Å². The zero-order valence-corrected chi connectivity index (χ0v) is 13.7. The Labute approximate surface area is 122 Å². The second-order valence-electron chi connectivity index (χ2n) is 6.12. The van der Waals surface area contributed by atoms with E-state index >= 15 is 0 Å². The lowest BCUT2D eigenvalue weighted by Crippen LogP contribution is -2.32. The summed E-state index contributed by atoms with van der Waals surface area (Å²) in [6.45, 7) is 10.4. The highest BCUT2D eigenvalue weighted by Gasteiger charge is 2.24. The molecule has 0 heterocycles. The average molecular weight is 287 g/mol. The maximum absolute atomic E-state index is 11.7. The fourth-order valence-corrected chi connectivity index (χ4v) is 1.43. The van der Waals surface area contributed by atoms with E-state index in [1.807, 2.05) is 27.7 Å². The number of nitrogens with one attached hydrogen (secondary N) is 1. The average Bonchev–Trinajstić information content (AvgIpc) is 2.34. The highest BCUT2D eigenvalue weighted by molar-refractivity contribution is 5.81. The van der Waals surface area contributed by atoms with E-state index in [1.54, 1.807) is 7.05 Å². The van der Waals surface area contributed by atoms with E-state index in [9.17, 15) is 9.59 Å². The molecule has 5 heteroatoms. The highest BCUT2D eigenvalue weighted by atomic mass is 16.6. The molecule has 0 aromatic carbocycles. The molecule has 0 saturated heterocycles. The van der Waals surface area contributed by atoms with Crippen molar-refractivity contribution < 1.29 is 19.1 Å². The standard InChI is InChI=1S/C15H29NO4/c1-7-14(2,3)19-11-10-15(4,5)20-13(18)9-8-12(17)16-6/h7-11H2,1-6H3,(H,16,17). The van der Waals surface area contributed by atoms with Gasteiger partial charge in [0.05, 0.1) is 18.6 Å². The van der Waals surface area contributed by atoms with Crippen molar-refractivity contribution in [3.05, 3.63) is 0 Å². The third-order valence-electron chi connectivity index (χ3n) is 3.27. The van der Waals surface area contributed by atoms with Gasteiger partial charge < -0.3 is 14.8 Å². The summed E-state index contributed by atoms with van der Waals surface area (Å²) >= 11 is 0. The molecule has 0 spiro atoms. The Morgan fingerprint density at radius 1 is 1.05 bits per heavy atom. The van der Waals surface area contributed by atoms with Gasteiger partial charge in [-0.2, -0.15) is 0 Å². The first-order valence-corrected chi connectivity index (χ1v) is 7.18. The van der Waals surface area contributed by atoms with Crippen LogP contribution in [0.2, 0.25) is 0 Å². The summed E-state index contributed by atoms with van der Waals surface area (Å²) < 4.78 is 11.1. The summed E-state index contributed by atoms with van der Waals surface area (Å²) in [5, 5.41) is 2.47. The zero-order valence-electron chi connectivity index (χ0n) is 13.7. The number of rotatable bonds is 9. The van der Waals surface area contributed by atoms with E-state index in [0.717, 1.165) is 6.42 Å². The molecule has 0 saturated carbocycles. The largest absolute Gasteiger partial charge is 0.460 e. The van der Waals surface area contributed by atoms with Crippen LogP contribution in [-0.4, -0.2) is 36.7 Å². The Kier molecular flexibility index (Phi) is 7.79. The molecule has 0 fully saturated rings. The summed E-state index contributed by atoms with van der Waals surface area (Å²) in [7, 11) is 1.55. The van der Waals surface area contributed by atoms with Gasteiger partial charge >= 0.3 is 5.97 Å². The molecule has 5 nitrogen and oxygen atoms in total. The van der Waals surface area contributed by atoms with Gasteiger partial charge in [-0.05, 0) is 34.1 Å². The van der Waals surface area contributed by atoms with Crippen LogP contribution >= 0.6 is 0 Å². The van der Waals surface area contributed by atoms with Crippen LogP contribution in [0.4, 0.5) is 0 Å². The van der Waals surface area contributed by atoms with Crippen molar-refractivity contribution in [2.75, 3.05) is 13.7 Å². The van der Waals surface area contributed by atoms with E-state index < -0.39 is 5.60 Å². The molecule has 0 atom stereocenters. The normalized spacial score (nSPS) is 12.1. The van der Waals surface area contributed by atoms with Gasteiger partial charge in [0.25, 0.3) is 0 Å². The number of hydrogen-bond acceptors (Lipinski definition) is 4. The second kappa shape index (κ2) is 8.25. The third-order valence-corrected chi connectivity index (χ3v) is 3.27. The van der Waals surface area contributed by atoms with Crippen LogP contribution in [-0.2, 0) is 19.1 Å². The molecule has 0 unspecified atom stereocenters. The summed E-state index contributed by atoms with van der Waals surface area (Å²) in [5.41, 5.74) is -0.733. The maximum atomic E-state index is 11.7. The molecule has 0 aliphatic carbocycles. The molecular formula is C15H29NO4. The number of amides is 1. The van der Waals surface area contributed by atoms with Crippen LogP contribution in [0.25, 0.3) is 0 Å². The minimum absolute atomic E-state index is 0.102. The second-order valence-corrected chi connectivity index (χ2v) is 6.12. The predicted octanol–water partition coefficient (Wildman–Crippen LogP) is 2.43. The zero-order chi connectivity index (χ0) is 15.8. The summed E-state index contributed by atoms with van der Waals surface area (Å²) in [6, 6.07) is 0. The van der Waals surface area contributed by atoms with Crippen LogP contribution in [0, 0.1) is 0 Å². The Hall–Kier alpha value is -1.10. The topological polar surface area (TPSA) is 64.6 Å². The van der Waals surface area contributed by atoms with Crippen LogP contribution in [0.1, 0.15) is 60.3 Å². The molecule has 0 aliphatic heterocycles. The van der Waals surface area contributed by atoms with Crippen molar-refractivity contribution in [3.63, 3.8) is 0 Å². The van der Waals surface area contributed by atoms with Crippen molar-refractivity contribution in [1.82, 2.24) is 5.32 Å². The Morgan fingerprint density at radius 2 is 1.65 bits per heavy atom. The molecule has 0 radical (unpaired) electrons. The van der Waals surface area contributed by atoms with Gasteiger partial charge in [-0.1, -0.05) is 6.92 Å². The van der Waals surface area contributed by atoms with Crippen molar-refractivity contribution in [2.45, 2.75) is 71.5 Å². The number of carbonyl (C=O) groups is 2. The summed E-state index contributed by atoms with van der Waals surface area (Å²) in [4.78, 5) is 22.7. The monoisotopic (exact) mass is 287 g/mol. The van der Waals surface area contributed by atoms with E-state index in [1.165, 1.54) is 0 Å². The summed E-state index contributed by atoms with van der Waals surface area (Å²) in [6.07, 6.45) is 1.82. The van der Waals surface area contributed by atoms with E-state index in [0.29, 0.717) is 13.0 Å². The van der Waals surface area contributed by atoms with Crippen LogP contribution in [0.3, 0.4) is 0 Å². The van der Waals surface area contributed by atoms with Gasteiger partial charge in [0.15, 0.2) is 0 Å². The number of carbonyl (C=O) groups excluding carboxylic acids is 2. The minimum Gasteiger partial charge on any atom is -0.460 e. The summed E-state index contributed by atoms with van der Waals surface area (Å²) in [5.74, 6) is -0.513. The lowest BCUT2D eigenvalue weighted by atomic mass is 10.0. The maximum Gasteiger partial charge on any atom is 0.306 e. The third kappa shape index (κ3) is 8.91. The molecule has 0 aromatic heterocycles. The van der Waals surface area contributed by atoms with Gasteiger partial charge in [-0.15, -0.1) is 0 Å². The van der Waals surface area contributed by atoms with Gasteiger partial charge in [0, 0.05) is 19.9 Å². The Morgan fingerprint density at radius 3 is 2.15 bits per heavy atom. The van der Waals surface area contributed by atoms with Gasteiger partial charge in [-0.3, -0.25) is 9.59 Å². The molecular weight excluding hydrogens is 258 g/mol. The highest BCUT2D eigenvalue weighted by Crippen LogP contribution is 2.19. The van der Waals surface area contributed by atoms with E-state index in [4.69, 9.17) is 9.47 Å². The van der Waals surface area contributed by atoms with Crippen LogP contribution in [0.15, 0.2) is 0 Å². The van der Waals surface area contributed by atoms with Gasteiger partial charge in [-0.25, -0.2) is 0 Å². The minimum atomic E-state index is -0.580. The molecule has 0 aromatic rings. The first-order chi connectivity index (χ1) is 9.12. The van der Waals surface area contributed by atoms with Crippen molar-refractivity contribution in [3.8, 4) is 0 Å². The van der Waals surface area contributed by atoms with Crippen LogP contribution < -0.4 is 5.32 Å². The Balaban J connectivity index is 4.05. The van der Waals surface area contributed by atoms with Crippen molar-refractivity contribution >= 4 is 11.9 Å². The predicted molar refractivity (Wildman–Crippen MR) is 78.4 cm³/mol. The molecule has 20 heavy (non-hydrogen) atoms. The molecule has 0 rings (SSSR count). The number of esters is 1. The smallest absolute Gasteiger partial charge is 0.306 e. The quantitative estimate of drug-likeness (QED) is 0.661. The van der Waals surface area contributed by atoms with Crippen molar-refractivity contribution in [1.29, 1.82) is 0 Å². The SMILES string of the molecule is CCC(C)(C)OCCC(C)(C)OC(=O)CCC(=O)NC. The molecule has 118 valence electrons. The Bertz CT molecular complexity index is 324. The lowest BCUT2D eigenvalue weighted by Gasteiger charge is -2.28. The number of ether oxygens (including phenoxy) is 2. The van der Waals surface area contributed by atoms with E-state index in [2.05, 4.69) is 12.2 Å². The van der Waals surface area contributed by atoms with E-state index in [-0.39, 0.29) is 30.3 Å². The lowest BCUT2D eigenvalue weighted by molar-refractivity contribution is -0.160. The molecule has 1 N–H and O–H groups in total. The molecule has 0 aliphatic rings. The van der Waals surface area contributed by atoms with Gasteiger partial charge in [0.1, 0.15) is 5.60 Å². The number of hydrogen-bond donors (Lipinski definition) is 1. The fourth-order valence-electron chi connectivity index (χ4n) is 1.43. The molecule has 1 amide bonds. The van der Waals surface area contributed by atoms with Crippen molar-refractivity contribution in [2.24, 2.45) is 0 Å². The molecule has 0 bridgehead atoms. The fraction of sp³-hybridized carbons (Fsp3) is 0.867.